The number of carbonyl (C=O) groups is 2. The van der Waals surface area contributed by atoms with Gasteiger partial charge in [0.2, 0.25) is 0 Å². The van der Waals surface area contributed by atoms with Crippen molar-refractivity contribution < 1.29 is 24.5 Å². The van der Waals surface area contributed by atoms with E-state index in [2.05, 4.69) is 0 Å². The molecule has 2 amide bonds. The molecule has 3 aromatic carbocycles. The summed E-state index contributed by atoms with van der Waals surface area (Å²) in [6, 6.07) is 19.7. The van der Waals surface area contributed by atoms with Crippen molar-refractivity contribution in [3.05, 3.63) is 94.5 Å². The molecule has 156 valence electrons. The molecule has 2 unspecified atom stereocenters. The maximum Gasteiger partial charge on any atom is 0.261 e. The highest BCUT2D eigenvalue weighted by atomic mass is 16.5. The van der Waals surface area contributed by atoms with Gasteiger partial charge < -0.3 is 14.9 Å². The molecule has 0 aliphatic carbocycles. The van der Waals surface area contributed by atoms with Gasteiger partial charge >= 0.3 is 0 Å². The van der Waals surface area contributed by atoms with Crippen molar-refractivity contribution in [1.29, 1.82) is 0 Å². The Morgan fingerprint density at radius 2 is 1.52 bits per heavy atom. The fourth-order valence-corrected chi connectivity index (χ4v) is 4.44. The van der Waals surface area contributed by atoms with E-state index < -0.39 is 6.10 Å². The van der Waals surface area contributed by atoms with Gasteiger partial charge in [0, 0.05) is 18.5 Å². The van der Waals surface area contributed by atoms with Crippen LogP contribution in [0.4, 0.5) is 0 Å². The zero-order valence-electron chi connectivity index (χ0n) is 16.7. The van der Waals surface area contributed by atoms with Crippen molar-refractivity contribution in [3.8, 4) is 11.5 Å². The molecule has 0 saturated heterocycles. The van der Waals surface area contributed by atoms with Crippen LogP contribution in [0.25, 0.3) is 0 Å². The molecule has 6 heteroatoms. The van der Waals surface area contributed by atoms with Gasteiger partial charge in [0.25, 0.3) is 11.8 Å². The number of fused-ring (bicyclic) bond motifs is 2. The van der Waals surface area contributed by atoms with Gasteiger partial charge in [-0.25, -0.2) is 0 Å². The zero-order chi connectivity index (χ0) is 21.5. The number of carbonyl (C=O) groups excluding carboxylic acids is 2. The molecule has 0 saturated carbocycles. The maximum absolute atomic E-state index is 12.7. The van der Waals surface area contributed by atoms with Gasteiger partial charge in [0.1, 0.15) is 0 Å². The molecular formula is C25H21NO5. The van der Waals surface area contributed by atoms with E-state index in [0.717, 1.165) is 11.1 Å². The third kappa shape index (κ3) is 3.25. The Morgan fingerprint density at radius 3 is 2.19 bits per heavy atom. The van der Waals surface area contributed by atoms with Crippen LogP contribution in [0.2, 0.25) is 0 Å². The summed E-state index contributed by atoms with van der Waals surface area (Å²) in [5.74, 6) is -0.923. The molecule has 6 nitrogen and oxygen atoms in total. The molecule has 31 heavy (non-hydrogen) atoms. The van der Waals surface area contributed by atoms with E-state index in [9.17, 15) is 19.8 Å². The third-order valence-corrected chi connectivity index (χ3v) is 6.03. The predicted molar refractivity (Wildman–Crippen MR) is 113 cm³/mol. The standard InChI is InChI=1S/C25H21NO5/c27-20-11-10-16-19(23(20)28)14-22(15-6-2-1-3-7-15)31-21(16)12-13-26-24(29)17-8-4-5-9-18(17)25(26)30/h1-11,21-22,27-28H,12-14H2. The van der Waals surface area contributed by atoms with Crippen LogP contribution in [-0.4, -0.2) is 33.5 Å². The summed E-state index contributed by atoms with van der Waals surface area (Å²) in [6.45, 7) is 0.194. The summed E-state index contributed by atoms with van der Waals surface area (Å²) in [5.41, 5.74) is 3.19. The summed E-state index contributed by atoms with van der Waals surface area (Å²) in [5, 5.41) is 20.5. The first-order chi connectivity index (χ1) is 15.0. The average Bonchev–Trinajstić information content (AvgIpc) is 3.05. The Balaban J connectivity index is 1.43. The Hall–Kier alpha value is -3.64. The van der Waals surface area contributed by atoms with Crippen molar-refractivity contribution in [3.63, 3.8) is 0 Å². The summed E-state index contributed by atoms with van der Waals surface area (Å²) in [6.07, 6.45) is 0.0492. The predicted octanol–water partition coefficient (Wildman–Crippen LogP) is 4.14. The molecule has 5 rings (SSSR count). The number of imide groups is 1. The topological polar surface area (TPSA) is 87.1 Å². The largest absolute Gasteiger partial charge is 0.504 e. The van der Waals surface area contributed by atoms with Gasteiger partial charge in [-0.3, -0.25) is 14.5 Å². The van der Waals surface area contributed by atoms with Crippen LogP contribution in [-0.2, 0) is 11.2 Å². The molecule has 0 fully saturated rings. The van der Waals surface area contributed by atoms with Crippen LogP contribution in [0.1, 0.15) is 56.0 Å². The van der Waals surface area contributed by atoms with E-state index in [0.29, 0.717) is 29.5 Å². The first kappa shape index (κ1) is 19.3. The molecule has 2 aliphatic heterocycles. The first-order valence-electron chi connectivity index (χ1n) is 10.2. The molecule has 0 bridgehead atoms. The van der Waals surface area contributed by atoms with Crippen LogP contribution < -0.4 is 0 Å². The molecule has 2 N–H and O–H groups in total. The minimum Gasteiger partial charge on any atom is -0.504 e. The van der Waals surface area contributed by atoms with Crippen molar-refractivity contribution in [2.45, 2.75) is 25.0 Å². The SMILES string of the molecule is O=C1c2ccccc2C(=O)N1CCC1OC(c2ccccc2)Cc2c1ccc(O)c2O. The van der Waals surface area contributed by atoms with Crippen molar-refractivity contribution in [2.24, 2.45) is 0 Å². The Labute approximate surface area is 179 Å². The molecule has 2 atom stereocenters. The monoisotopic (exact) mass is 415 g/mol. The maximum atomic E-state index is 12.7. The molecule has 2 heterocycles. The second kappa shape index (κ2) is 7.56. The average molecular weight is 415 g/mol. The van der Waals surface area contributed by atoms with Gasteiger partial charge in [-0.15, -0.1) is 0 Å². The van der Waals surface area contributed by atoms with Gasteiger partial charge in [-0.2, -0.15) is 0 Å². The van der Waals surface area contributed by atoms with E-state index in [-0.39, 0.29) is 36.0 Å². The number of hydrogen-bond acceptors (Lipinski definition) is 5. The number of rotatable bonds is 4. The fourth-order valence-electron chi connectivity index (χ4n) is 4.44. The Bertz CT molecular complexity index is 1140. The van der Waals surface area contributed by atoms with Gasteiger partial charge in [0.15, 0.2) is 11.5 Å². The lowest BCUT2D eigenvalue weighted by Crippen LogP contribution is -2.32. The lowest BCUT2D eigenvalue weighted by molar-refractivity contribution is -0.0345. The van der Waals surface area contributed by atoms with E-state index in [4.69, 9.17) is 4.74 Å². The first-order valence-corrected chi connectivity index (χ1v) is 10.2. The van der Waals surface area contributed by atoms with Crippen molar-refractivity contribution in [1.82, 2.24) is 4.90 Å². The van der Waals surface area contributed by atoms with Crippen LogP contribution in [0.3, 0.4) is 0 Å². The van der Waals surface area contributed by atoms with E-state index in [1.807, 2.05) is 30.3 Å². The highest BCUT2D eigenvalue weighted by molar-refractivity contribution is 6.21. The van der Waals surface area contributed by atoms with E-state index in [1.54, 1.807) is 30.3 Å². The van der Waals surface area contributed by atoms with Crippen LogP contribution in [0.5, 0.6) is 11.5 Å². The van der Waals surface area contributed by atoms with Crippen LogP contribution in [0, 0.1) is 0 Å². The second-order valence-corrected chi connectivity index (χ2v) is 7.83. The molecule has 3 aromatic rings. The van der Waals surface area contributed by atoms with Gasteiger partial charge in [-0.1, -0.05) is 48.5 Å². The number of aromatic hydroxyl groups is 2. The molecular weight excluding hydrogens is 394 g/mol. The van der Waals surface area contributed by atoms with Crippen molar-refractivity contribution >= 4 is 11.8 Å². The molecule has 0 aromatic heterocycles. The Morgan fingerprint density at radius 1 is 0.871 bits per heavy atom. The normalized spacial score (nSPS) is 19.9. The number of benzene rings is 3. The lowest BCUT2D eigenvalue weighted by atomic mass is 9.89. The summed E-state index contributed by atoms with van der Waals surface area (Å²) < 4.78 is 6.36. The van der Waals surface area contributed by atoms with Crippen LogP contribution in [0.15, 0.2) is 66.7 Å². The summed E-state index contributed by atoms with van der Waals surface area (Å²) >= 11 is 0. The van der Waals surface area contributed by atoms with Gasteiger partial charge in [0.05, 0.1) is 23.3 Å². The number of nitrogens with zero attached hydrogens (tertiary/aromatic N) is 1. The fraction of sp³-hybridized carbons (Fsp3) is 0.200. The minimum absolute atomic E-state index is 0.146. The zero-order valence-corrected chi connectivity index (χ0v) is 16.7. The summed E-state index contributed by atoms with van der Waals surface area (Å²) in [4.78, 5) is 26.7. The molecule has 0 spiro atoms. The van der Waals surface area contributed by atoms with Gasteiger partial charge in [-0.05, 0) is 35.7 Å². The quantitative estimate of drug-likeness (QED) is 0.494. The smallest absolute Gasteiger partial charge is 0.261 e. The van der Waals surface area contributed by atoms with Crippen LogP contribution >= 0.6 is 0 Å². The second-order valence-electron chi connectivity index (χ2n) is 7.83. The number of amides is 2. The number of phenolic OH excluding ortho intramolecular Hbond substituents is 2. The van der Waals surface area contributed by atoms with E-state index in [1.165, 1.54) is 11.0 Å². The Kier molecular flexibility index (Phi) is 4.71. The molecule has 0 radical (unpaired) electrons. The minimum atomic E-state index is -0.440. The third-order valence-electron chi connectivity index (χ3n) is 6.03. The number of ether oxygens (including phenoxy) is 1. The highest BCUT2D eigenvalue weighted by Gasteiger charge is 2.37. The number of phenols is 2. The number of hydrogen-bond donors (Lipinski definition) is 2. The summed E-state index contributed by atoms with van der Waals surface area (Å²) in [7, 11) is 0. The van der Waals surface area contributed by atoms with Crippen molar-refractivity contribution in [2.75, 3.05) is 6.54 Å². The van der Waals surface area contributed by atoms with E-state index >= 15 is 0 Å². The lowest BCUT2D eigenvalue weighted by Gasteiger charge is -2.34. The highest BCUT2D eigenvalue weighted by Crippen LogP contribution is 2.45. The molecule has 2 aliphatic rings.